The molecule has 2 rings (SSSR count). The lowest BCUT2D eigenvalue weighted by Crippen LogP contribution is -2.30. The maximum Gasteiger partial charge on any atom is 0.272 e. The lowest BCUT2D eigenvalue weighted by Gasteiger charge is -2.20. The highest BCUT2D eigenvalue weighted by molar-refractivity contribution is 7.18. The molecule has 7 heteroatoms. The summed E-state index contributed by atoms with van der Waals surface area (Å²) in [6.45, 7) is 2.24. The lowest BCUT2D eigenvalue weighted by molar-refractivity contribution is 0.0993. The fraction of sp³-hybridized carbons (Fsp3) is 0.286. The molecule has 0 aliphatic carbocycles. The van der Waals surface area contributed by atoms with Crippen LogP contribution in [0.4, 0.5) is 21.0 Å². The van der Waals surface area contributed by atoms with Gasteiger partial charge in [0.1, 0.15) is 16.5 Å². The largest absolute Gasteiger partial charge is 0.382 e. The standard InChI is InChI=1S/C14H17FN4OS/c1-4-19(10-7-5-6-9(15)8-10)13(20)11-12(16)17-14(21-11)18(2)3/h5-8H,4,16H2,1-3H3. The van der Waals surface area contributed by atoms with Crippen molar-refractivity contribution >= 4 is 33.9 Å². The molecule has 0 spiro atoms. The highest BCUT2D eigenvalue weighted by Gasteiger charge is 2.23. The summed E-state index contributed by atoms with van der Waals surface area (Å²) in [7, 11) is 3.66. The summed E-state index contributed by atoms with van der Waals surface area (Å²) < 4.78 is 13.3. The quantitative estimate of drug-likeness (QED) is 0.943. The van der Waals surface area contributed by atoms with E-state index in [1.165, 1.54) is 28.4 Å². The second-order valence-electron chi connectivity index (χ2n) is 4.63. The summed E-state index contributed by atoms with van der Waals surface area (Å²) in [4.78, 5) is 20.4. The molecule has 5 nitrogen and oxygen atoms in total. The average molecular weight is 308 g/mol. The third-order valence-corrected chi connectivity index (χ3v) is 4.13. The van der Waals surface area contributed by atoms with Crippen molar-refractivity contribution < 1.29 is 9.18 Å². The third kappa shape index (κ3) is 3.13. The van der Waals surface area contributed by atoms with Gasteiger partial charge in [0.05, 0.1) is 0 Å². The van der Waals surface area contributed by atoms with Crippen LogP contribution >= 0.6 is 11.3 Å². The number of anilines is 3. The first kappa shape index (κ1) is 15.2. The molecular weight excluding hydrogens is 291 g/mol. The van der Waals surface area contributed by atoms with Crippen LogP contribution in [0.3, 0.4) is 0 Å². The first-order valence-electron chi connectivity index (χ1n) is 6.45. The van der Waals surface area contributed by atoms with Crippen LogP contribution in [-0.4, -0.2) is 31.5 Å². The lowest BCUT2D eigenvalue weighted by atomic mass is 10.2. The van der Waals surface area contributed by atoms with Crippen molar-refractivity contribution in [3.63, 3.8) is 0 Å². The molecule has 0 atom stereocenters. The Balaban J connectivity index is 2.37. The number of carbonyl (C=O) groups is 1. The maximum absolute atomic E-state index is 13.3. The Morgan fingerprint density at radius 3 is 2.67 bits per heavy atom. The van der Waals surface area contributed by atoms with Crippen molar-refractivity contribution in [2.75, 3.05) is 36.2 Å². The van der Waals surface area contributed by atoms with Crippen LogP contribution < -0.4 is 15.5 Å². The third-order valence-electron chi connectivity index (χ3n) is 2.90. The molecule has 21 heavy (non-hydrogen) atoms. The summed E-state index contributed by atoms with van der Waals surface area (Å²) in [5.74, 6) is -0.459. The Labute approximate surface area is 126 Å². The van der Waals surface area contributed by atoms with Gasteiger partial charge in [0, 0.05) is 26.3 Å². The van der Waals surface area contributed by atoms with Gasteiger partial charge in [-0.3, -0.25) is 4.79 Å². The molecule has 1 amide bonds. The number of nitrogens with zero attached hydrogens (tertiary/aromatic N) is 3. The van der Waals surface area contributed by atoms with Gasteiger partial charge >= 0.3 is 0 Å². The summed E-state index contributed by atoms with van der Waals surface area (Å²) >= 11 is 1.22. The van der Waals surface area contributed by atoms with Gasteiger partial charge in [-0.05, 0) is 25.1 Å². The van der Waals surface area contributed by atoms with Crippen LogP contribution in [0.5, 0.6) is 0 Å². The monoisotopic (exact) mass is 308 g/mol. The molecule has 0 unspecified atom stereocenters. The molecule has 0 saturated carbocycles. The van der Waals surface area contributed by atoms with Gasteiger partial charge in [0.25, 0.3) is 5.91 Å². The summed E-state index contributed by atoms with van der Waals surface area (Å²) in [6, 6.07) is 5.93. The zero-order valence-corrected chi connectivity index (χ0v) is 12.9. The fourth-order valence-corrected chi connectivity index (χ4v) is 2.73. The number of hydrogen-bond acceptors (Lipinski definition) is 5. The number of thiazole rings is 1. The van der Waals surface area contributed by atoms with E-state index in [1.807, 2.05) is 21.0 Å². The van der Waals surface area contributed by atoms with Gasteiger partial charge in [-0.2, -0.15) is 0 Å². The molecule has 1 aromatic carbocycles. The van der Waals surface area contributed by atoms with E-state index in [2.05, 4.69) is 4.98 Å². The van der Waals surface area contributed by atoms with E-state index < -0.39 is 0 Å². The van der Waals surface area contributed by atoms with Crippen LogP contribution in [0, 0.1) is 5.82 Å². The van der Waals surface area contributed by atoms with Crippen LogP contribution in [0.25, 0.3) is 0 Å². The normalized spacial score (nSPS) is 10.5. The molecular formula is C14H17FN4OS. The van der Waals surface area contributed by atoms with Crippen LogP contribution in [0.2, 0.25) is 0 Å². The predicted molar refractivity (Wildman–Crippen MR) is 84.6 cm³/mol. The van der Waals surface area contributed by atoms with Crippen molar-refractivity contribution in [2.24, 2.45) is 0 Å². The molecule has 0 bridgehead atoms. The smallest absolute Gasteiger partial charge is 0.272 e. The van der Waals surface area contributed by atoms with E-state index in [4.69, 9.17) is 5.73 Å². The molecule has 0 radical (unpaired) electrons. The zero-order chi connectivity index (χ0) is 15.6. The van der Waals surface area contributed by atoms with Gasteiger partial charge in [0.2, 0.25) is 0 Å². The van der Waals surface area contributed by atoms with Crippen molar-refractivity contribution in [1.29, 1.82) is 0 Å². The maximum atomic E-state index is 13.3. The van der Waals surface area contributed by atoms with Crippen LogP contribution in [-0.2, 0) is 0 Å². The summed E-state index contributed by atoms with van der Waals surface area (Å²) in [6.07, 6.45) is 0. The predicted octanol–water partition coefficient (Wildman–Crippen LogP) is 2.60. The number of hydrogen-bond donors (Lipinski definition) is 1. The van der Waals surface area contributed by atoms with E-state index in [1.54, 1.807) is 17.0 Å². The van der Waals surface area contributed by atoms with E-state index in [-0.39, 0.29) is 17.5 Å². The van der Waals surface area contributed by atoms with Gasteiger partial charge < -0.3 is 15.5 Å². The van der Waals surface area contributed by atoms with Gasteiger partial charge in [-0.25, -0.2) is 9.37 Å². The minimum absolute atomic E-state index is 0.198. The molecule has 0 aliphatic rings. The first-order valence-corrected chi connectivity index (χ1v) is 7.26. The van der Waals surface area contributed by atoms with Gasteiger partial charge in [0.15, 0.2) is 5.13 Å². The van der Waals surface area contributed by atoms with E-state index in [0.29, 0.717) is 22.2 Å². The van der Waals surface area contributed by atoms with Crippen molar-refractivity contribution in [3.05, 3.63) is 35.0 Å². The SMILES string of the molecule is CCN(C(=O)c1sc(N(C)C)nc1N)c1cccc(F)c1. The Hall–Kier alpha value is -2.15. The van der Waals surface area contributed by atoms with Crippen LogP contribution in [0.15, 0.2) is 24.3 Å². The number of amides is 1. The molecule has 2 aromatic rings. The zero-order valence-electron chi connectivity index (χ0n) is 12.1. The number of carbonyl (C=O) groups excluding carboxylic acids is 1. The molecule has 112 valence electrons. The first-order chi connectivity index (χ1) is 9.93. The Bertz CT molecular complexity index is 656. The highest BCUT2D eigenvalue weighted by atomic mass is 32.1. The average Bonchev–Trinajstić information content (AvgIpc) is 2.82. The van der Waals surface area contributed by atoms with Crippen molar-refractivity contribution in [3.8, 4) is 0 Å². The van der Waals surface area contributed by atoms with E-state index >= 15 is 0 Å². The number of halogens is 1. The molecule has 2 N–H and O–H groups in total. The molecule has 1 heterocycles. The van der Waals surface area contributed by atoms with Crippen molar-refractivity contribution in [1.82, 2.24) is 4.98 Å². The van der Waals surface area contributed by atoms with E-state index in [0.717, 1.165) is 0 Å². The number of nitrogens with two attached hydrogens (primary N) is 1. The second-order valence-corrected chi connectivity index (χ2v) is 5.61. The minimum atomic E-state index is -0.384. The molecule has 0 fully saturated rings. The van der Waals surface area contributed by atoms with Crippen LogP contribution in [0.1, 0.15) is 16.6 Å². The fourth-order valence-electron chi connectivity index (χ4n) is 1.87. The van der Waals surface area contributed by atoms with Gasteiger partial charge in [-0.1, -0.05) is 17.4 Å². The molecule has 0 aliphatic heterocycles. The Morgan fingerprint density at radius 2 is 2.14 bits per heavy atom. The van der Waals surface area contributed by atoms with Gasteiger partial charge in [-0.15, -0.1) is 0 Å². The second kappa shape index (κ2) is 6.09. The molecule has 1 aromatic heterocycles. The summed E-state index contributed by atoms with van der Waals surface area (Å²) in [5, 5.41) is 0.658. The molecule has 0 saturated heterocycles. The Kier molecular flexibility index (Phi) is 4.42. The number of benzene rings is 1. The van der Waals surface area contributed by atoms with E-state index in [9.17, 15) is 9.18 Å². The highest BCUT2D eigenvalue weighted by Crippen LogP contribution is 2.29. The topological polar surface area (TPSA) is 62.5 Å². The van der Waals surface area contributed by atoms with Crippen molar-refractivity contribution in [2.45, 2.75) is 6.92 Å². The summed E-state index contributed by atoms with van der Waals surface area (Å²) in [5.41, 5.74) is 6.33. The number of nitrogen functional groups attached to an aromatic ring is 1. The Morgan fingerprint density at radius 1 is 1.43 bits per heavy atom. The minimum Gasteiger partial charge on any atom is -0.382 e. The number of rotatable bonds is 4. The number of aromatic nitrogens is 1.